The first kappa shape index (κ1) is 9.73. The maximum Gasteiger partial charge on any atom is 0.0925 e. The number of hydrogen-bond acceptors (Lipinski definition) is 4. The van der Waals surface area contributed by atoms with Crippen LogP contribution in [0.1, 0.15) is 10.6 Å². The van der Waals surface area contributed by atoms with Gasteiger partial charge in [0.05, 0.1) is 12.2 Å². The van der Waals surface area contributed by atoms with Gasteiger partial charge in [0.25, 0.3) is 0 Å². The minimum absolute atomic E-state index is 0.832. The summed E-state index contributed by atoms with van der Waals surface area (Å²) in [5.41, 5.74) is 1.05. The smallest absolute Gasteiger partial charge is 0.0925 e. The first-order chi connectivity index (χ1) is 6.88. The molecule has 0 bridgehead atoms. The summed E-state index contributed by atoms with van der Waals surface area (Å²) in [5, 5.41) is 10.2. The van der Waals surface area contributed by atoms with Gasteiger partial charge in [0.1, 0.15) is 0 Å². The Labute approximate surface area is 91.1 Å². The van der Waals surface area contributed by atoms with Crippen molar-refractivity contribution >= 4 is 23.1 Å². The third-order valence-electron chi connectivity index (χ3n) is 1.78. The lowest BCUT2D eigenvalue weighted by atomic mass is 10.4. The molecular formula is C9H11N3S2. The molecule has 0 saturated heterocycles. The molecular weight excluding hydrogens is 214 g/mol. The average Bonchev–Trinajstić information content (AvgIpc) is 2.79. The second-order valence-corrected chi connectivity index (χ2v) is 4.82. The van der Waals surface area contributed by atoms with E-state index in [9.17, 15) is 0 Å². The van der Waals surface area contributed by atoms with E-state index in [1.807, 2.05) is 10.9 Å². The van der Waals surface area contributed by atoms with Crippen molar-refractivity contribution in [1.29, 1.82) is 0 Å². The molecule has 2 aromatic rings. The van der Waals surface area contributed by atoms with Crippen LogP contribution in [0.5, 0.6) is 0 Å². The Morgan fingerprint density at radius 1 is 1.57 bits per heavy atom. The highest BCUT2D eigenvalue weighted by Gasteiger charge is 2.00. The van der Waals surface area contributed by atoms with Crippen LogP contribution in [0.3, 0.4) is 0 Å². The summed E-state index contributed by atoms with van der Waals surface area (Å²) in [6.45, 7) is 0.832. The third kappa shape index (κ3) is 2.36. The number of thioether (sulfide) groups is 1. The highest BCUT2D eigenvalue weighted by molar-refractivity contribution is 7.97. The zero-order valence-electron chi connectivity index (χ0n) is 7.88. The van der Waals surface area contributed by atoms with E-state index < -0.39 is 0 Å². The lowest BCUT2D eigenvalue weighted by molar-refractivity contribution is 0.655. The van der Waals surface area contributed by atoms with Crippen LogP contribution in [-0.4, -0.2) is 21.2 Å². The van der Waals surface area contributed by atoms with Gasteiger partial charge in [-0.3, -0.25) is 0 Å². The van der Waals surface area contributed by atoms with Crippen LogP contribution in [0, 0.1) is 0 Å². The van der Waals surface area contributed by atoms with Crippen molar-refractivity contribution in [2.45, 2.75) is 12.3 Å². The first-order valence-electron chi connectivity index (χ1n) is 4.29. The van der Waals surface area contributed by atoms with Crippen LogP contribution >= 0.6 is 23.1 Å². The van der Waals surface area contributed by atoms with E-state index in [-0.39, 0.29) is 0 Å². The van der Waals surface area contributed by atoms with Crippen LogP contribution in [0.2, 0.25) is 0 Å². The van der Waals surface area contributed by atoms with Crippen LogP contribution in [0.25, 0.3) is 0 Å². The average molecular weight is 225 g/mol. The quantitative estimate of drug-likeness (QED) is 0.799. The molecule has 74 valence electrons. The van der Waals surface area contributed by atoms with Crippen LogP contribution < -0.4 is 0 Å². The van der Waals surface area contributed by atoms with Crippen molar-refractivity contribution in [2.75, 3.05) is 6.26 Å². The lowest BCUT2D eigenvalue weighted by Gasteiger charge is -1.94. The molecule has 0 aliphatic rings. The van der Waals surface area contributed by atoms with Gasteiger partial charge in [0.15, 0.2) is 0 Å². The van der Waals surface area contributed by atoms with Crippen molar-refractivity contribution in [3.8, 4) is 0 Å². The van der Waals surface area contributed by atoms with Gasteiger partial charge in [-0.25, -0.2) is 4.68 Å². The summed E-state index contributed by atoms with van der Waals surface area (Å²) in [7, 11) is 0. The molecule has 2 aromatic heterocycles. The van der Waals surface area contributed by atoms with Gasteiger partial charge in [-0.1, -0.05) is 11.3 Å². The lowest BCUT2D eigenvalue weighted by Crippen LogP contribution is -1.97. The SMILES string of the molecule is CSCc1cn(Cc2cccs2)nn1. The third-order valence-corrected chi connectivity index (χ3v) is 3.22. The van der Waals surface area contributed by atoms with Gasteiger partial charge in [-0.2, -0.15) is 11.8 Å². The standard InChI is InChI=1S/C9H11N3S2/c1-13-7-8-5-12(11-10-8)6-9-3-2-4-14-9/h2-5H,6-7H2,1H3. The van der Waals surface area contributed by atoms with Crippen LogP contribution in [0.4, 0.5) is 0 Å². The molecule has 0 saturated carbocycles. The monoisotopic (exact) mass is 225 g/mol. The summed E-state index contributed by atoms with van der Waals surface area (Å²) in [6, 6.07) is 4.17. The molecule has 0 radical (unpaired) electrons. The Balaban J connectivity index is 2.03. The predicted molar refractivity (Wildman–Crippen MR) is 60.7 cm³/mol. The normalized spacial score (nSPS) is 10.6. The molecule has 0 fully saturated rings. The minimum Gasteiger partial charge on any atom is -0.247 e. The zero-order chi connectivity index (χ0) is 9.80. The number of hydrogen-bond donors (Lipinski definition) is 0. The Morgan fingerprint density at radius 3 is 3.21 bits per heavy atom. The van der Waals surface area contributed by atoms with Crippen molar-refractivity contribution in [3.63, 3.8) is 0 Å². The maximum atomic E-state index is 4.08. The summed E-state index contributed by atoms with van der Waals surface area (Å²) < 4.78 is 1.89. The molecule has 0 aliphatic heterocycles. The van der Waals surface area contributed by atoms with Crippen LogP contribution in [0.15, 0.2) is 23.7 Å². The van der Waals surface area contributed by atoms with Gasteiger partial charge in [-0.05, 0) is 17.7 Å². The van der Waals surface area contributed by atoms with E-state index in [2.05, 4.69) is 34.1 Å². The van der Waals surface area contributed by atoms with E-state index in [0.717, 1.165) is 18.0 Å². The molecule has 0 amide bonds. The largest absolute Gasteiger partial charge is 0.247 e. The summed E-state index contributed by atoms with van der Waals surface area (Å²) >= 11 is 3.51. The molecule has 3 nitrogen and oxygen atoms in total. The van der Waals surface area contributed by atoms with Gasteiger partial charge < -0.3 is 0 Å². The van der Waals surface area contributed by atoms with E-state index in [1.54, 1.807) is 23.1 Å². The number of thiophene rings is 1. The molecule has 2 heterocycles. The Hall–Kier alpha value is -0.810. The Kier molecular flexibility index (Phi) is 3.21. The van der Waals surface area contributed by atoms with Gasteiger partial charge in [0, 0.05) is 16.8 Å². The summed E-state index contributed by atoms with van der Waals surface area (Å²) in [4.78, 5) is 1.31. The summed E-state index contributed by atoms with van der Waals surface area (Å²) in [6.07, 6.45) is 4.08. The summed E-state index contributed by atoms with van der Waals surface area (Å²) in [5.74, 6) is 0.935. The van der Waals surface area contributed by atoms with Gasteiger partial charge in [-0.15, -0.1) is 16.4 Å². The van der Waals surface area contributed by atoms with E-state index in [1.165, 1.54) is 4.88 Å². The topological polar surface area (TPSA) is 30.7 Å². The molecule has 0 unspecified atom stereocenters. The molecule has 2 rings (SSSR count). The molecule has 5 heteroatoms. The zero-order valence-corrected chi connectivity index (χ0v) is 9.51. The minimum atomic E-state index is 0.832. The van der Waals surface area contributed by atoms with E-state index in [4.69, 9.17) is 0 Å². The van der Waals surface area contributed by atoms with Crippen molar-refractivity contribution < 1.29 is 0 Å². The molecule has 0 N–H and O–H groups in total. The number of nitrogens with zero attached hydrogens (tertiary/aromatic N) is 3. The Morgan fingerprint density at radius 2 is 2.50 bits per heavy atom. The van der Waals surface area contributed by atoms with Crippen LogP contribution in [-0.2, 0) is 12.3 Å². The van der Waals surface area contributed by atoms with Gasteiger partial charge in [0.2, 0.25) is 0 Å². The highest BCUT2D eigenvalue weighted by Crippen LogP contribution is 2.11. The molecule has 0 atom stereocenters. The second kappa shape index (κ2) is 4.61. The fourth-order valence-electron chi connectivity index (χ4n) is 1.19. The van der Waals surface area contributed by atoms with E-state index in [0.29, 0.717) is 0 Å². The fraction of sp³-hybridized carbons (Fsp3) is 0.333. The van der Waals surface area contributed by atoms with Gasteiger partial charge >= 0.3 is 0 Å². The number of rotatable bonds is 4. The Bertz CT molecular complexity index is 380. The fourth-order valence-corrected chi connectivity index (χ4v) is 2.32. The first-order valence-corrected chi connectivity index (χ1v) is 6.56. The molecule has 14 heavy (non-hydrogen) atoms. The highest BCUT2D eigenvalue weighted by atomic mass is 32.2. The number of aromatic nitrogens is 3. The van der Waals surface area contributed by atoms with Crippen molar-refractivity contribution in [2.24, 2.45) is 0 Å². The van der Waals surface area contributed by atoms with Crippen molar-refractivity contribution in [1.82, 2.24) is 15.0 Å². The van der Waals surface area contributed by atoms with E-state index >= 15 is 0 Å². The van der Waals surface area contributed by atoms with Crippen molar-refractivity contribution in [3.05, 3.63) is 34.3 Å². The maximum absolute atomic E-state index is 4.08. The molecule has 0 aromatic carbocycles. The second-order valence-electron chi connectivity index (χ2n) is 2.92. The molecule has 0 spiro atoms. The predicted octanol–water partition coefficient (Wildman–Crippen LogP) is 2.25. The molecule has 0 aliphatic carbocycles.